The van der Waals surface area contributed by atoms with Crippen molar-refractivity contribution < 1.29 is 4.39 Å². The van der Waals surface area contributed by atoms with Gasteiger partial charge in [-0.05, 0) is 37.1 Å². The predicted molar refractivity (Wildman–Crippen MR) is 72.1 cm³/mol. The van der Waals surface area contributed by atoms with Crippen molar-refractivity contribution in [3.63, 3.8) is 0 Å². The third kappa shape index (κ3) is 2.40. The van der Waals surface area contributed by atoms with E-state index in [4.69, 9.17) is 11.6 Å². The third-order valence-electron chi connectivity index (χ3n) is 2.88. The van der Waals surface area contributed by atoms with E-state index < -0.39 is 0 Å². The summed E-state index contributed by atoms with van der Waals surface area (Å²) >= 11 is 9.38. The first-order chi connectivity index (χ1) is 8.63. The molecule has 1 aromatic heterocycles. The second kappa shape index (κ2) is 4.59. The fourth-order valence-electron chi connectivity index (χ4n) is 1.81. The van der Waals surface area contributed by atoms with Crippen molar-refractivity contribution in [2.45, 2.75) is 18.8 Å². The van der Waals surface area contributed by atoms with Crippen LogP contribution < -0.4 is 0 Å². The second-order valence-corrected chi connectivity index (χ2v) is 5.58. The molecular weight excluding hydrogens is 319 g/mol. The Morgan fingerprint density at radius 3 is 2.72 bits per heavy atom. The van der Waals surface area contributed by atoms with Gasteiger partial charge >= 0.3 is 0 Å². The van der Waals surface area contributed by atoms with Crippen LogP contribution >= 0.6 is 27.5 Å². The average Bonchev–Trinajstić information content (AvgIpc) is 3.15. The quantitative estimate of drug-likeness (QED) is 0.755. The Balaban J connectivity index is 2.12. The topological polar surface area (TPSA) is 25.8 Å². The highest BCUT2D eigenvalue weighted by Gasteiger charge is 2.26. The zero-order valence-corrected chi connectivity index (χ0v) is 11.7. The molecule has 2 nitrogen and oxygen atoms in total. The van der Waals surface area contributed by atoms with E-state index in [9.17, 15) is 4.39 Å². The van der Waals surface area contributed by atoms with E-state index in [0.717, 1.165) is 23.0 Å². The fraction of sp³-hybridized carbons (Fsp3) is 0.231. The molecule has 0 bridgehead atoms. The maximum Gasteiger partial charge on any atom is 0.162 e. The van der Waals surface area contributed by atoms with E-state index >= 15 is 0 Å². The molecule has 1 aliphatic rings. The summed E-state index contributed by atoms with van der Waals surface area (Å²) in [6, 6.07) is 6.23. The molecule has 1 fully saturated rings. The predicted octanol–water partition coefficient (Wildman–Crippen LogP) is 4.58. The van der Waals surface area contributed by atoms with Crippen LogP contribution in [0.25, 0.3) is 11.4 Å². The molecule has 18 heavy (non-hydrogen) atoms. The SMILES string of the molecule is Fc1ccc(Br)c(-c2nc(Cl)cc(C3CC3)n2)c1. The summed E-state index contributed by atoms with van der Waals surface area (Å²) in [7, 11) is 0. The van der Waals surface area contributed by atoms with Crippen molar-refractivity contribution in [2.24, 2.45) is 0 Å². The Morgan fingerprint density at radius 2 is 2.00 bits per heavy atom. The third-order valence-corrected chi connectivity index (χ3v) is 3.76. The van der Waals surface area contributed by atoms with Crippen molar-refractivity contribution in [1.82, 2.24) is 9.97 Å². The van der Waals surface area contributed by atoms with Crippen LogP contribution in [0.2, 0.25) is 5.15 Å². The molecule has 0 saturated heterocycles. The van der Waals surface area contributed by atoms with Gasteiger partial charge in [0.15, 0.2) is 5.82 Å². The van der Waals surface area contributed by atoms with Crippen LogP contribution in [0.3, 0.4) is 0 Å². The lowest BCUT2D eigenvalue weighted by Gasteiger charge is -2.06. The lowest BCUT2D eigenvalue weighted by atomic mass is 10.2. The van der Waals surface area contributed by atoms with E-state index in [2.05, 4.69) is 25.9 Å². The van der Waals surface area contributed by atoms with Gasteiger partial charge in [0.2, 0.25) is 0 Å². The van der Waals surface area contributed by atoms with E-state index in [1.54, 1.807) is 12.1 Å². The van der Waals surface area contributed by atoms with Crippen LogP contribution in [0.15, 0.2) is 28.7 Å². The van der Waals surface area contributed by atoms with Crippen LogP contribution in [0.4, 0.5) is 4.39 Å². The molecule has 92 valence electrons. The van der Waals surface area contributed by atoms with Gasteiger partial charge in [0, 0.05) is 21.6 Å². The van der Waals surface area contributed by atoms with Crippen molar-refractivity contribution in [2.75, 3.05) is 0 Å². The number of aromatic nitrogens is 2. The van der Waals surface area contributed by atoms with Crippen molar-refractivity contribution in [3.8, 4) is 11.4 Å². The van der Waals surface area contributed by atoms with Crippen LogP contribution in [-0.4, -0.2) is 9.97 Å². The van der Waals surface area contributed by atoms with Gasteiger partial charge in [-0.15, -0.1) is 0 Å². The molecule has 0 atom stereocenters. The highest BCUT2D eigenvalue weighted by molar-refractivity contribution is 9.10. The van der Waals surface area contributed by atoms with Crippen LogP contribution in [0.5, 0.6) is 0 Å². The van der Waals surface area contributed by atoms with Crippen molar-refractivity contribution >= 4 is 27.5 Å². The molecule has 0 aliphatic heterocycles. The Labute approximate surface area is 117 Å². The van der Waals surface area contributed by atoms with Gasteiger partial charge in [-0.3, -0.25) is 0 Å². The molecule has 0 spiro atoms. The van der Waals surface area contributed by atoms with E-state index in [1.165, 1.54) is 12.1 Å². The van der Waals surface area contributed by atoms with Gasteiger partial charge in [0.1, 0.15) is 11.0 Å². The van der Waals surface area contributed by atoms with Crippen molar-refractivity contribution in [3.05, 3.63) is 45.4 Å². The van der Waals surface area contributed by atoms with E-state index in [-0.39, 0.29) is 5.82 Å². The van der Waals surface area contributed by atoms with Gasteiger partial charge < -0.3 is 0 Å². The molecule has 0 unspecified atom stereocenters. The van der Waals surface area contributed by atoms with Crippen LogP contribution in [0.1, 0.15) is 24.5 Å². The summed E-state index contributed by atoms with van der Waals surface area (Å²) in [5.41, 5.74) is 1.57. The number of hydrogen-bond acceptors (Lipinski definition) is 2. The Kier molecular flexibility index (Phi) is 3.08. The largest absolute Gasteiger partial charge is 0.233 e. The van der Waals surface area contributed by atoms with Crippen molar-refractivity contribution in [1.29, 1.82) is 0 Å². The van der Waals surface area contributed by atoms with Crippen LogP contribution in [-0.2, 0) is 0 Å². The maximum atomic E-state index is 13.3. The summed E-state index contributed by atoms with van der Waals surface area (Å²) < 4.78 is 14.1. The van der Waals surface area contributed by atoms with Gasteiger partial charge in [-0.25, -0.2) is 14.4 Å². The number of benzene rings is 1. The molecule has 0 N–H and O–H groups in total. The maximum absolute atomic E-state index is 13.3. The molecule has 1 aromatic carbocycles. The van der Waals surface area contributed by atoms with Crippen LogP contribution in [0, 0.1) is 5.82 Å². The normalized spacial score (nSPS) is 14.8. The Hall–Kier alpha value is -1.00. The molecule has 0 radical (unpaired) electrons. The average molecular weight is 328 g/mol. The molecule has 2 aromatic rings. The Bertz CT molecular complexity index is 614. The first kappa shape index (κ1) is 12.1. The Morgan fingerprint density at radius 1 is 1.22 bits per heavy atom. The lowest BCUT2D eigenvalue weighted by molar-refractivity contribution is 0.628. The molecule has 1 saturated carbocycles. The summed E-state index contributed by atoms with van der Waals surface area (Å²) in [4.78, 5) is 8.65. The molecule has 1 heterocycles. The summed E-state index contributed by atoms with van der Waals surface area (Å²) in [5.74, 6) is 0.636. The molecule has 5 heteroatoms. The monoisotopic (exact) mass is 326 g/mol. The highest BCUT2D eigenvalue weighted by atomic mass is 79.9. The first-order valence-corrected chi connectivity index (χ1v) is 6.80. The van der Waals surface area contributed by atoms with Gasteiger partial charge in [-0.2, -0.15) is 0 Å². The number of rotatable bonds is 2. The smallest absolute Gasteiger partial charge is 0.162 e. The van der Waals surface area contributed by atoms with Gasteiger partial charge in [0.05, 0.1) is 0 Å². The number of nitrogens with zero attached hydrogens (tertiary/aromatic N) is 2. The highest BCUT2D eigenvalue weighted by Crippen LogP contribution is 2.40. The van der Waals surface area contributed by atoms with E-state index in [0.29, 0.717) is 22.5 Å². The van der Waals surface area contributed by atoms with Gasteiger partial charge in [0.25, 0.3) is 0 Å². The second-order valence-electron chi connectivity index (χ2n) is 4.34. The lowest BCUT2D eigenvalue weighted by Crippen LogP contribution is -1.96. The number of halogens is 3. The molecule has 0 amide bonds. The zero-order valence-electron chi connectivity index (χ0n) is 9.33. The van der Waals surface area contributed by atoms with E-state index in [1.807, 2.05) is 0 Å². The first-order valence-electron chi connectivity index (χ1n) is 5.63. The minimum atomic E-state index is -0.315. The minimum absolute atomic E-state index is 0.315. The summed E-state index contributed by atoms with van der Waals surface area (Å²) in [5, 5.41) is 0.401. The summed E-state index contributed by atoms with van der Waals surface area (Å²) in [6.45, 7) is 0. The molecule has 1 aliphatic carbocycles. The summed E-state index contributed by atoms with van der Waals surface area (Å²) in [6.07, 6.45) is 2.27. The fourth-order valence-corrected chi connectivity index (χ4v) is 2.43. The standard InChI is InChI=1S/C13H9BrClFN2/c14-10-4-3-8(16)5-9(10)13-17-11(7-1-2-7)6-12(15)18-13/h3-7H,1-2H2. The molecule has 3 rings (SSSR count). The van der Waals surface area contributed by atoms with Gasteiger partial charge in [-0.1, -0.05) is 27.5 Å². The minimum Gasteiger partial charge on any atom is -0.233 e. The number of hydrogen-bond donors (Lipinski definition) is 0. The molecular formula is C13H9BrClFN2. The zero-order chi connectivity index (χ0) is 12.7.